The van der Waals surface area contributed by atoms with Crippen LogP contribution in [-0.2, 0) is 16.1 Å². The van der Waals surface area contributed by atoms with E-state index in [-0.39, 0.29) is 25.3 Å². The van der Waals surface area contributed by atoms with Gasteiger partial charge in [0, 0.05) is 12.6 Å². The van der Waals surface area contributed by atoms with Crippen LogP contribution in [0.4, 0.5) is 4.79 Å². The normalized spacial score (nSPS) is 27.1. The summed E-state index contributed by atoms with van der Waals surface area (Å²) >= 11 is 0. The summed E-state index contributed by atoms with van der Waals surface area (Å²) in [5.74, 6) is -0.989. The number of carboxylic acids is 1. The highest BCUT2D eigenvalue weighted by Crippen LogP contribution is 2.38. The molecule has 1 aliphatic carbocycles. The topological polar surface area (TPSA) is 66.8 Å². The Morgan fingerprint density at radius 1 is 1.17 bits per heavy atom. The highest BCUT2D eigenvalue weighted by Gasteiger charge is 2.42. The number of hydrogen-bond donors (Lipinski definition) is 1. The van der Waals surface area contributed by atoms with Crippen molar-refractivity contribution in [3.63, 3.8) is 0 Å². The molecule has 1 aliphatic heterocycles. The van der Waals surface area contributed by atoms with Crippen molar-refractivity contribution in [3.8, 4) is 0 Å². The number of benzene rings is 1. The SMILES string of the molecule is O=C(O)[C@@H]1C[C@@H]2CCCC[C@H]2N(C(=O)OCc2ccccc2)C1. The van der Waals surface area contributed by atoms with Gasteiger partial charge in [-0.05, 0) is 30.7 Å². The van der Waals surface area contributed by atoms with Gasteiger partial charge in [-0.15, -0.1) is 0 Å². The number of hydrogen-bond acceptors (Lipinski definition) is 3. The van der Waals surface area contributed by atoms with Crippen molar-refractivity contribution in [2.75, 3.05) is 6.54 Å². The summed E-state index contributed by atoms with van der Waals surface area (Å²) in [6.45, 7) is 0.495. The molecule has 1 saturated carbocycles. The smallest absolute Gasteiger partial charge is 0.410 e. The van der Waals surface area contributed by atoms with Gasteiger partial charge in [0.05, 0.1) is 5.92 Å². The monoisotopic (exact) mass is 317 g/mol. The minimum atomic E-state index is -0.810. The van der Waals surface area contributed by atoms with Crippen LogP contribution in [0.15, 0.2) is 30.3 Å². The summed E-state index contributed by atoms with van der Waals surface area (Å²) in [5.41, 5.74) is 0.938. The molecule has 1 aromatic carbocycles. The molecule has 1 N–H and O–H groups in total. The van der Waals surface area contributed by atoms with Crippen molar-refractivity contribution in [2.24, 2.45) is 11.8 Å². The lowest BCUT2D eigenvalue weighted by Gasteiger charge is -2.45. The van der Waals surface area contributed by atoms with Crippen molar-refractivity contribution in [1.82, 2.24) is 4.90 Å². The fourth-order valence-corrected chi connectivity index (χ4v) is 3.88. The number of amides is 1. The van der Waals surface area contributed by atoms with E-state index in [1.165, 1.54) is 0 Å². The molecule has 0 unspecified atom stereocenters. The van der Waals surface area contributed by atoms with E-state index < -0.39 is 11.9 Å². The summed E-state index contributed by atoms with van der Waals surface area (Å²) < 4.78 is 5.44. The minimum Gasteiger partial charge on any atom is -0.481 e. The van der Waals surface area contributed by atoms with Gasteiger partial charge in [0.1, 0.15) is 6.61 Å². The van der Waals surface area contributed by atoms with E-state index in [1.807, 2.05) is 30.3 Å². The Morgan fingerprint density at radius 3 is 2.65 bits per heavy atom. The Balaban J connectivity index is 1.67. The number of likely N-dealkylation sites (tertiary alicyclic amines) is 1. The largest absolute Gasteiger partial charge is 0.481 e. The Morgan fingerprint density at radius 2 is 1.91 bits per heavy atom. The van der Waals surface area contributed by atoms with E-state index >= 15 is 0 Å². The number of rotatable bonds is 3. The Hall–Kier alpha value is -2.04. The predicted octanol–water partition coefficient (Wildman–Crippen LogP) is 3.29. The molecule has 1 aromatic rings. The molecular weight excluding hydrogens is 294 g/mol. The van der Waals surface area contributed by atoms with E-state index in [4.69, 9.17) is 4.74 Å². The minimum absolute atomic E-state index is 0.141. The standard InChI is InChI=1S/C18H23NO4/c20-17(21)15-10-14-8-4-5-9-16(14)19(11-15)18(22)23-12-13-6-2-1-3-7-13/h1-3,6-7,14-16H,4-5,8-12H2,(H,20,21)/t14-,15+,16+/m0/s1. The predicted molar refractivity (Wildman–Crippen MR) is 84.8 cm³/mol. The zero-order valence-electron chi connectivity index (χ0n) is 13.2. The highest BCUT2D eigenvalue weighted by molar-refractivity contribution is 5.73. The molecule has 5 nitrogen and oxygen atoms in total. The number of piperidine rings is 1. The molecule has 0 aromatic heterocycles. The molecule has 1 amide bonds. The van der Waals surface area contributed by atoms with Gasteiger partial charge in [-0.3, -0.25) is 4.79 Å². The lowest BCUT2D eigenvalue weighted by atomic mass is 9.75. The fourth-order valence-electron chi connectivity index (χ4n) is 3.88. The third kappa shape index (κ3) is 3.66. The maximum absolute atomic E-state index is 12.5. The van der Waals surface area contributed by atoms with Crippen LogP contribution >= 0.6 is 0 Å². The van der Waals surface area contributed by atoms with Gasteiger partial charge in [0.15, 0.2) is 0 Å². The van der Waals surface area contributed by atoms with Gasteiger partial charge < -0.3 is 14.7 Å². The molecule has 1 saturated heterocycles. The van der Waals surface area contributed by atoms with Crippen molar-refractivity contribution in [1.29, 1.82) is 0 Å². The Kier molecular flexibility index (Phi) is 4.84. The number of carbonyl (C=O) groups is 2. The molecule has 2 aliphatic rings. The first kappa shape index (κ1) is 15.8. The molecule has 3 rings (SSSR count). The van der Waals surface area contributed by atoms with Gasteiger partial charge >= 0.3 is 12.1 Å². The molecule has 2 fully saturated rings. The average molecular weight is 317 g/mol. The highest BCUT2D eigenvalue weighted by atomic mass is 16.6. The van der Waals surface area contributed by atoms with Crippen LogP contribution in [0.1, 0.15) is 37.7 Å². The third-order valence-corrected chi connectivity index (χ3v) is 5.06. The third-order valence-electron chi connectivity index (χ3n) is 5.06. The van der Waals surface area contributed by atoms with Crippen LogP contribution in [-0.4, -0.2) is 34.7 Å². The molecule has 0 radical (unpaired) electrons. The fraction of sp³-hybridized carbons (Fsp3) is 0.556. The van der Waals surface area contributed by atoms with E-state index in [1.54, 1.807) is 4.90 Å². The van der Waals surface area contributed by atoms with Crippen LogP contribution < -0.4 is 0 Å². The van der Waals surface area contributed by atoms with Crippen molar-refractivity contribution in [3.05, 3.63) is 35.9 Å². The number of carbonyl (C=O) groups excluding carboxylic acids is 1. The number of aliphatic carboxylic acids is 1. The second kappa shape index (κ2) is 7.02. The van der Waals surface area contributed by atoms with Crippen molar-refractivity contribution in [2.45, 2.75) is 44.8 Å². The molecule has 23 heavy (non-hydrogen) atoms. The van der Waals surface area contributed by atoms with Crippen LogP contribution in [0, 0.1) is 11.8 Å². The van der Waals surface area contributed by atoms with E-state index in [2.05, 4.69) is 0 Å². The number of nitrogens with zero attached hydrogens (tertiary/aromatic N) is 1. The summed E-state index contributed by atoms with van der Waals surface area (Å²) in [6.07, 6.45) is 4.50. The molecule has 124 valence electrons. The van der Waals surface area contributed by atoms with Crippen LogP contribution in [0.3, 0.4) is 0 Å². The van der Waals surface area contributed by atoms with Gasteiger partial charge in [-0.2, -0.15) is 0 Å². The second-order valence-electron chi connectivity index (χ2n) is 6.58. The molecule has 0 bridgehead atoms. The zero-order chi connectivity index (χ0) is 16.2. The van der Waals surface area contributed by atoms with Crippen molar-refractivity contribution < 1.29 is 19.4 Å². The number of fused-ring (bicyclic) bond motifs is 1. The van der Waals surface area contributed by atoms with Crippen molar-refractivity contribution >= 4 is 12.1 Å². The Labute approximate surface area is 136 Å². The first-order valence-corrected chi connectivity index (χ1v) is 8.35. The maximum Gasteiger partial charge on any atom is 0.410 e. The molecular formula is C18H23NO4. The van der Waals surface area contributed by atoms with E-state index in [0.29, 0.717) is 12.3 Å². The van der Waals surface area contributed by atoms with Gasteiger partial charge in [0.25, 0.3) is 0 Å². The van der Waals surface area contributed by atoms with Gasteiger partial charge in [-0.1, -0.05) is 43.2 Å². The quantitative estimate of drug-likeness (QED) is 0.929. The summed E-state index contributed by atoms with van der Waals surface area (Å²) in [5, 5.41) is 9.36. The summed E-state index contributed by atoms with van der Waals surface area (Å²) in [4.78, 5) is 25.6. The van der Waals surface area contributed by atoms with Crippen LogP contribution in [0.5, 0.6) is 0 Å². The summed E-state index contributed by atoms with van der Waals surface area (Å²) in [7, 11) is 0. The van der Waals surface area contributed by atoms with E-state index in [0.717, 1.165) is 31.2 Å². The van der Waals surface area contributed by atoms with Gasteiger partial charge in [-0.25, -0.2) is 4.79 Å². The first-order chi connectivity index (χ1) is 11.1. The first-order valence-electron chi connectivity index (χ1n) is 8.35. The second-order valence-corrected chi connectivity index (χ2v) is 6.58. The number of carboxylic acid groups (broad SMARTS) is 1. The molecule has 5 heteroatoms. The summed E-state index contributed by atoms with van der Waals surface area (Å²) in [6, 6.07) is 9.69. The number of ether oxygens (including phenoxy) is 1. The molecule has 0 spiro atoms. The zero-order valence-corrected chi connectivity index (χ0v) is 13.2. The Bertz CT molecular complexity index is 559. The molecule has 1 heterocycles. The van der Waals surface area contributed by atoms with Crippen LogP contribution in [0.2, 0.25) is 0 Å². The van der Waals surface area contributed by atoms with Crippen LogP contribution in [0.25, 0.3) is 0 Å². The lowest BCUT2D eigenvalue weighted by molar-refractivity contribution is -0.145. The average Bonchev–Trinajstić information content (AvgIpc) is 2.59. The maximum atomic E-state index is 12.5. The lowest BCUT2D eigenvalue weighted by Crippen LogP contribution is -2.54. The molecule has 3 atom stereocenters. The van der Waals surface area contributed by atoms with Gasteiger partial charge in [0.2, 0.25) is 0 Å². The van der Waals surface area contributed by atoms with E-state index in [9.17, 15) is 14.7 Å².